The number of halogens is 1. The Hall–Kier alpha value is -3.55. The van der Waals surface area contributed by atoms with Crippen molar-refractivity contribution >= 4 is 17.6 Å². The first-order chi connectivity index (χ1) is 14.5. The van der Waals surface area contributed by atoms with Gasteiger partial charge >= 0.3 is 5.97 Å². The zero-order valence-electron chi connectivity index (χ0n) is 16.7. The largest absolute Gasteiger partial charge is 0.493 e. The fourth-order valence-electron chi connectivity index (χ4n) is 4.03. The van der Waals surface area contributed by atoms with Gasteiger partial charge < -0.3 is 18.9 Å². The molecule has 2 aliphatic rings. The molecule has 0 fully saturated rings. The molecule has 0 saturated heterocycles. The van der Waals surface area contributed by atoms with Crippen LogP contribution in [0, 0.1) is 5.82 Å². The van der Waals surface area contributed by atoms with E-state index in [-0.39, 0.29) is 18.9 Å². The highest BCUT2D eigenvalue weighted by Crippen LogP contribution is 2.49. The van der Waals surface area contributed by atoms with Crippen LogP contribution in [-0.4, -0.2) is 39.8 Å². The Bertz CT molecular complexity index is 1060. The van der Waals surface area contributed by atoms with Gasteiger partial charge in [-0.15, -0.1) is 0 Å². The minimum atomic E-state index is -0.595. The summed E-state index contributed by atoms with van der Waals surface area (Å²) in [6.45, 7) is -0.0669. The Morgan fingerprint density at radius 1 is 1.03 bits per heavy atom. The number of cyclic esters (lactones) is 1. The lowest BCUT2D eigenvalue weighted by atomic mass is 9.83. The highest BCUT2D eigenvalue weighted by Gasteiger charge is 2.44. The van der Waals surface area contributed by atoms with Gasteiger partial charge in [0.15, 0.2) is 11.5 Å². The molecule has 0 bridgehead atoms. The maximum absolute atomic E-state index is 13.8. The first kappa shape index (κ1) is 19.8. The van der Waals surface area contributed by atoms with Crippen LogP contribution >= 0.6 is 0 Å². The van der Waals surface area contributed by atoms with Crippen LogP contribution < -0.4 is 19.1 Å². The van der Waals surface area contributed by atoms with E-state index in [9.17, 15) is 14.0 Å². The van der Waals surface area contributed by atoms with E-state index in [2.05, 4.69) is 0 Å². The Morgan fingerprint density at radius 2 is 1.80 bits per heavy atom. The zero-order chi connectivity index (χ0) is 21.4. The highest BCUT2D eigenvalue weighted by molar-refractivity contribution is 6.06. The third-order valence-electron chi connectivity index (χ3n) is 5.29. The lowest BCUT2D eigenvalue weighted by Gasteiger charge is -2.32. The number of rotatable bonds is 5. The van der Waals surface area contributed by atoms with Crippen LogP contribution in [0.25, 0.3) is 0 Å². The summed E-state index contributed by atoms with van der Waals surface area (Å²) in [7, 11) is 4.47. The quantitative estimate of drug-likeness (QED) is 0.701. The molecule has 0 aromatic heterocycles. The summed E-state index contributed by atoms with van der Waals surface area (Å²) in [6, 6.07) is 9.11. The summed E-state index contributed by atoms with van der Waals surface area (Å²) in [4.78, 5) is 27.1. The molecule has 30 heavy (non-hydrogen) atoms. The van der Waals surface area contributed by atoms with Gasteiger partial charge in [0.1, 0.15) is 12.4 Å². The van der Waals surface area contributed by atoms with Crippen LogP contribution in [0.3, 0.4) is 0 Å². The fraction of sp³-hybridized carbons (Fsp3) is 0.273. The molecule has 2 heterocycles. The van der Waals surface area contributed by atoms with Crippen molar-refractivity contribution in [1.82, 2.24) is 0 Å². The van der Waals surface area contributed by atoms with E-state index in [1.165, 1.54) is 44.4 Å². The molecule has 2 aliphatic heterocycles. The molecule has 0 unspecified atom stereocenters. The van der Waals surface area contributed by atoms with Gasteiger partial charge in [-0.2, -0.15) is 0 Å². The number of carbonyl (C=O) groups is 2. The van der Waals surface area contributed by atoms with Crippen molar-refractivity contribution in [1.29, 1.82) is 0 Å². The molecule has 7 nitrogen and oxygen atoms in total. The lowest BCUT2D eigenvalue weighted by molar-refractivity contribution is -0.136. The van der Waals surface area contributed by atoms with Crippen LogP contribution in [-0.2, 0) is 14.3 Å². The number of methoxy groups -OCH3 is 3. The van der Waals surface area contributed by atoms with E-state index in [4.69, 9.17) is 18.9 Å². The maximum atomic E-state index is 13.8. The topological polar surface area (TPSA) is 74.3 Å². The van der Waals surface area contributed by atoms with E-state index < -0.39 is 17.7 Å². The molecule has 8 heteroatoms. The predicted molar refractivity (Wildman–Crippen MR) is 105 cm³/mol. The molecule has 0 N–H and O–H groups in total. The summed E-state index contributed by atoms with van der Waals surface area (Å²) >= 11 is 0. The number of hydrogen-bond acceptors (Lipinski definition) is 6. The van der Waals surface area contributed by atoms with Gasteiger partial charge in [-0.05, 0) is 24.3 Å². The smallest absolute Gasteiger partial charge is 0.336 e. The number of anilines is 1. The van der Waals surface area contributed by atoms with Crippen LogP contribution in [0.2, 0.25) is 0 Å². The normalized spacial score (nSPS) is 18.3. The molecule has 0 aliphatic carbocycles. The van der Waals surface area contributed by atoms with Gasteiger partial charge in [-0.1, -0.05) is 12.1 Å². The van der Waals surface area contributed by atoms with Crippen molar-refractivity contribution in [3.8, 4) is 17.2 Å². The Labute approximate surface area is 172 Å². The van der Waals surface area contributed by atoms with E-state index in [0.717, 1.165) is 0 Å². The van der Waals surface area contributed by atoms with Crippen molar-refractivity contribution in [3.05, 3.63) is 59.0 Å². The minimum Gasteiger partial charge on any atom is -0.493 e. The average Bonchev–Trinajstić information content (AvgIpc) is 3.13. The number of carbonyl (C=O) groups excluding carboxylic acids is 2. The number of amides is 1. The van der Waals surface area contributed by atoms with Crippen LogP contribution in [0.5, 0.6) is 17.2 Å². The molecule has 2 aromatic carbocycles. The average molecular weight is 413 g/mol. The molecule has 156 valence electrons. The number of ether oxygens (including phenoxy) is 4. The number of benzene rings is 2. The van der Waals surface area contributed by atoms with Crippen molar-refractivity contribution in [2.45, 2.75) is 12.3 Å². The van der Waals surface area contributed by atoms with Gasteiger partial charge in [-0.25, -0.2) is 9.18 Å². The summed E-state index contributed by atoms with van der Waals surface area (Å²) in [5.41, 5.74) is 1.71. The number of hydrogen-bond donors (Lipinski definition) is 0. The molecule has 0 spiro atoms. The predicted octanol–water partition coefficient (Wildman–Crippen LogP) is 3.18. The first-order valence-electron chi connectivity index (χ1n) is 9.27. The number of esters is 1. The van der Waals surface area contributed by atoms with Crippen molar-refractivity contribution in [2.24, 2.45) is 0 Å². The molecule has 0 saturated carbocycles. The molecule has 1 amide bonds. The van der Waals surface area contributed by atoms with E-state index in [1.54, 1.807) is 18.2 Å². The summed E-state index contributed by atoms with van der Waals surface area (Å²) < 4.78 is 35.3. The van der Waals surface area contributed by atoms with E-state index in [0.29, 0.717) is 39.8 Å². The van der Waals surface area contributed by atoms with Gasteiger partial charge in [0.05, 0.1) is 38.3 Å². The zero-order valence-corrected chi connectivity index (χ0v) is 16.7. The van der Waals surface area contributed by atoms with Crippen molar-refractivity contribution < 1.29 is 32.9 Å². The van der Waals surface area contributed by atoms with E-state index in [1.807, 2.05) is 0 Å². The Balaban J connectivity index is 1.88. The van der Waals surface area contributed by atoms with Crippen molar-refractivity contribution in [3.63, 3.8) is 0 Å². The van der Waals surface area contributed by atoms with Gasteiger partial charge in [-0.3, -0.25) is 9.69 Å². The molecular formula is C22H20FNO6. The summed E-state index contributed by atoms with van der Waals surface area (Å²) in [5.74, 6) is -0.657. The lowest BCUT2D eigenvalue weighted by Crippen LogP contribution is -2.37. The minimum absolute atomic E-state index is 0.0176. The Morgan fingerprint density at radius 3 is 2.47 bits per heavy atom. The van der Waals surface area contributed by atoms with Crippen LogP contribution in [0.1, 0.15) is 17.9 Å². The molecule has 2 aromatic rings. The third-order valence-corrected chi connectivity index (χ3v) is 5.29. The van der Waals surface area contributed by atoms with E-state index >= 15 is 0 Å². The second-order valence-electron chi connectivity index (χ2n) is 6.83. The fourth-order valence-corrected chi connectivity index (χ4v) is 4.03. The monoisotopic (exact) mass is 413 g/mol. The second kappa shape index (κ2) is 7.70. The van der Waals surface area contributed by atoms with Crippen LogP contribution in [0.4, 0.5) is 10.1 Å². The molecule has 0 radical (unpaired) electrons. The highest BCUT2D eigenvalue weighted by atomic mass is 19.1. The summed E-state index contributed by atoms with van der Waals surface area (Å²) in [6.07, 6.45) is -0.0176. The number of nitrogens with zero attached hydrogens (tertiary/aromatic N) is 1. The SMILES string of the molecule is COc1ccc([C@H]2CC(=O)N(c3cccc(F)c3)C3=C2C(=O)OC3)c(OC)c1OC. The Kier molecular flexibility index (Phi) is 5.07. The second-order valence-corrected chi connectivity index (χ2v) is 6.83. The molecular weight excluding hydrogens is 393 g/mol. The van der Waals surface area contributed by atoms with Gasteiger partial charge in [0.2, 0.25) is 11.7 Å². The summed E-state index contributed by atoms with van der Waals surface area (Å²) in [5, 5.41) is 0. The van der Waals surface area contributed by atoms with Gasteiger partial charge in [0, 0.05) is 17.9 Å². The van der Waals surface area contributed by atoms with Crippen molar-refractivity contribution in [2.75, 3.05) is 32.8 Å². The first-order valence-corrected chi connectivity index (χ1v) is 9.27. The molecule has 4 rings (SSSR count). The standard InChI is InChI=1S/C22H20FNO6/c1-27-17-8-7-14(20(28-2)21(17)29-3)15-10-18(25)24(13-6-4-5-12(23)9-13)16-11-30-22(26)19(15)16/h4-9,15H,10-11H2,1-3H3/t15-/m1/s1. The van der Waals surface area contributed by atoms with Crippen LogP contribution in [0.15, 0.2) is 47.7 Å². The van der Waals surface area contributed by atoms with Gasteiger partial charge in [0.25, 0.3) is 0 Å². The molecule has 1 atom stereocenters. The maximum Gasteiger partial charge on any atom is 0.336 e. The third kappa shape index (κ3) is 3.04.